The smallest absolute Gasteiger partial charge is 0.268 e. The topological polar surface area (TPSA) is 62.0 Å². The fourth-order valence-electron chi connectivity index (χ4n) is 2.39. The number of nitrogens with one attached hydrogen (secondary N) is 2. The predicted octanol–water partition coefficient (Wildman–Crippen LogP) is 2.23. The highest BCUT2D eigenvalue weighted by Gasteiger charge is 2.26. The predicted molar refractivity (Wildman–Crippen MR) is 70.0 cm³/mol. The first kappa shape index (κ1) is 12.9. The Morgan fingerprint density at radius 1 is 1.39 bits per heavy atom. The zero-order valence-corrected chi connectivity index (χ0v) is 11.2. The second-order valence-electron chi connectivity index (χ2n) is 5.36. The summed E-state index contributed by atoms with van der Waals surface area (Å²) in [6.07, 6.45) is 2.33. The van der Waals surface area contributed by atoms with E-state index in [0.29, 0.717) is 24.6 Å². The Balaban J connectivity index is 2.24. The van der Waals surface area contributed by atoms with E-state index in [1.807, 2.05) is 6.92 Å². The summed E-state index contributed by atoms with van der Waals surface area (Å²) >= 11 is 0. The monoisotopic (exact) mass is 248 g/mol. The molecule has 0 fully saturated rings. The van der Waals surface area contributed by atoms with Gasteiger partial charge in [-0.3, -0.25) is 9.59 Å². The van der Waals surface area contributed by atoms with Crippen molar-refractivity contribution in [2.75, 3.05) is 6.54 Å². The minimum absolute atomic E-state index is 0.108. The Hall–Kier alpha value is -1.58. The summed E-state index contributed by atoms with van der Waals surface area (Å²) in [5.41, 5.74) is 3.03. The van der Waals surface area contributed by atoms with Crippen LogP contribution in [0.1, 0.15) is 58.8 Å². The molecule has 0 saturated heterocycles. The fraction of sp³-hybridized carbons (Fsp3) is 0.571. The molecule has 1 heterocycles. The Kier molecular flexibility index (Phi) is 3.55. The van der Waals surface area contributed by atoms with E-state index in [9.17, 15) is 9.59 Å². The van der Waals surface area contributed by atoms with E-state index < -0.39 is 0 Å². The summed E-state index contributed by atoms with van der Waals surface area (Å²) in [6, 6.07) is 0. The number of hydrogen-bond acceptors (Lipinski definition) is 2. The van der Waals surface area contributed by atoms with Crippen LogP contribution in [0.2, 0.25) is 0 Å². The molecule has 0 bridgehead atoms. The molecule has 1 aromatic heterocycles. The normalized spacial score (nSPS) is 14.8. The minimum atomic E-state index is -0.108. The molecule has 0 aromatic carbocycles. The van der Waals surface area contributed by atoms with Crippen molar-refractivity contribution in [1.82, 2.24) is 10.3 Å². The van der Waals surface area contributed by atoms with Crippen molar-refractivity contribution in [3.63, 3.8) is 0 Å². The number of ketones is 1. The molecule has 1 aliphatic rings. The molecular weight excluding hydrogens is 228 g/mol. The fourth-order valence-corrected chi connectivity index (χ4v) is 2.39. The lowest BCUT2D eigenvalue weighted by molar-refractivity contribution is 0.0943. The number of hydrogen-bond donors (Lipinski definition) is 2. The third kappa shape index (κ3) is 2.33. The Bertz CT molecular complexity index is 486. The van der Waals surface area contributed by atoms with Gasteiger partial charge in [0, 0.05) is 24.2 Å². The lowest BCUT2D eigenvalue weighted by atomic mass is 9.94. The van der Waals surface area contributed by atoms with Gasteiger partial charge in [-0.1, -0.05) is 13.8 Å². The van der Waals surface area contributed by atoms with Crippen LogP contribution in [0.4, 0.5) is 0 Å². The van der Waals surface area contributed by atoms with Gasteiger partial charge < -0.3 is 10.3 Å². The van der Waals surface area contributed by atoms with Crippen LogP contribution in [0.15, 0.2) is 0 Å². The molecule has 0 saturated carbocycles. The van der Waals surface area contributed by atoms with E-state index in [1.54, 1.807) is 0 Å². The Morgan fingerprint density at radius 3 is 2.72 bits per heavy atom. The van der Waals surface area contributed by atoms with Crippen molar-refractivity contribution in [3.8, 4) is 0 Å². The van der Waals surface area contributed by atoms with Crippen LogP contribution in [0.3, 0.4) is 0 Å². The largest absolute Gasteiger partial charge is 0.354 e. The van der Waals surface area contributed by atoms with E-state index in [1.165, 1.54) is 0 Å². The average molecular weight is 248 g/mol. The highest BCUT2D eigenvalue weighted by molar-refractivity contribution is 6.04. The van der Waals surface area contributed by atoms with Gasteiger partial charge in [0.15, 0.2) is 5.78 Å². The first-order valence-electron chi connectivity index (χ1n) is 6.53. The maximum absolute atomic E-state index is 12.0. The number of amides is 1. The van der Waals surface area contributed by atoms with Crippen LogP contribution in [0, 0.1) is 12.8 Å². The number of aromatic amines is 1. The number of H-pyrrole nitrogens is 1. The van der Waals surface area contributed by atoms with E-state index in [-0.39, 0.29) is 11.7 Å². The molecule has 0 unspecified atom stereocenters. The van der Waals surface area contributed by atoms with Gasteiger partial charge in [-0.2, -0.15) is 0 Å². The van der Waals surface area contributed by atoms with Gasteiger partial charge in [0.1, 0.15) is 5.69 Å². The van der Waals surface area contributed by atoms with E-state index >= 15 is 0 Å². The van der Waals surface area contributed by atoms with Crippen molar-refractivity contribution in [2.45, 2.75) is 40.0 Å². The lowest BCUT2D eigenvalue weighted by Crippen LogP contribution is -2.28. The van der Waals surface area contributed by atoms with Crippen molar-refractivity contribution in [1.29, 1.82) is 0 Å². The van der Waals surface area contributed by atoms with Gasteiger partial charge in [-0.15, -0.1) is 0 Å². The molecule has 0 spiro atoms. The summed E-state index contributed by atoms with van der Waals surface area (Å²) in [5.74, 6) is 0.469. The second-order valence-corrected chi connectivity index (χ2v) is 5.36. The molecule has 1 amide bonds. The van der Waals surface area contributed by atoms with Crippen LogP contribution in [0.25, 0.3) is 0 Å². The van der Waals surface area contributed by atoms with Gasteiger partial charge >= 0.3 is 0 Å². The zero-order valence-electron chi connectivity index (χ0n) is 11.2. The van der Waals surface area contributed by atoms with Gasteiger partial charge in [-0.25, -0.2) is 0 Å². The number of carbonyl (C=O) groups is 2. The molecule has 1 aliphatic carbocycles. The number of aromatic nitrogens is 1. The Labute approximate surface area is 107 Å². The van der Waals surface area contributed by atoms with E-state index in [0.717, 1.165) is 29.7 Å². The van der Waals surface area contributed by atoms with Gasteiger partial charge in [0.05, 0.1) is 0 Å². The molecule has 4 heteroatoms. The molecule has 98 valence electrons. The second kappa shape index (κ2) is 4.96. The van der Waals surface area contributed by atoms with Crippen LogP contribution in [-0.4, -0.2) is 23.2 Å². The van der Waals surface area contributed by atoms with Crippen LogP contribution in [0.5, 0.6) is 0 Å². The summed E-state index contributed by atoms with van der Waals surface area (Å²) in [6.45, 7) is 6.60. The SMILES string of the molecule is Cc1c(C(=O)NCC(C)C)[nH]c2c1C(=O)CCC2. The molecule has 2 rings (SSSR count). The van der Waals surface area contributed by atoms with Gasteiger partial charge in [0.25, 0.3) is 5.91 Å². The van der Waals surface area contributed by atoms with Crippen molar-refractivity contribution < 1.29 is 9.59 Å². The molecule has 2 N–H and O–H groups in total. The summed E-state index contributed by atoms with van der Waals surface area (Å²) < 4.78 is 0. The molecular formula is C14H20N2O2. The highest BCUT2D eigenvalue weighted by Crippen LogP contribution is 2.26. The van der Waals surface area contributed by atoms with Crippen LogP contribution in [-0.2, 0) is 6.42 Å². The van der Waals surface area contributed by atoms with E-state index in [2.05, 4.69) is 24.1 Å². The molecule has 0 atom stereocenters. The van der Waals surface area contributed by atoms with Crippen molar-refractivity contribution in [3.05, 3.63) is 22.5 Å². The standard InChI is InChI=1S/C14H20N2O2/c1-8(2)7-15-14(18)13-9(3)12-10(16-13)5-4-6-11(12)17/h8,16H,4-7H2,1-3H3,(H,15,18). The van der Waals surface area contributed by atoms with Crippen LogP contribution >= 0.6 is 0 Å². The number of aryl methyl sites for hydroxylation is 1. The first-order valence-corrected chi connectivity index (χ1v) is 6.53. The zero-order chi connectivity index (χ0) is 13.3. The number of fused-ring (bicyclic) bond motifs is 1. The molecule has 4 nitrogen and oxygen atoms in total. The lowest BCUT2D eigenvalue weighted by Gasteiger charge is -2.09. The molecule has 0 radical (unpaired) electrons. The first-order chi connectivity index (χ1) is 8.50. The summed E-state index contributed by atoms with van der Waals surface area (Å²) in [5, 5.41) is 2.88. The Morgan fingerprint density at radius 2 is 2.11 bits per heavy atom. The number of rotatable bonds is 3. The van der Waals surface area contributed by atoms with E-state index in [4.69, 9.17) is 0 Å². The maximum Gasteiger partial charge on any atom is 0.268 e. The van der Waals surface area contributed by atoms with Gasteiger partial charge in [0.2, 0.25) is 0 Å². The summed E-state index contributed by atoms with van der Waals surface area (Å²) in [4.78, 5) is 27.0. The van der Waals surface area contributed by atoms with Crippen molar-refractivity contribution in [2.24, 2.45) is 5.92 Å². The third-order valence-corrected chi connectivity index (χ3v) is 3.34. The molecule has 1 aromatic rings. The van der Waals surface area contributed by atoms with Crippen molar-refractivity contribution >= 4 is 11.7 Å². The highest BCUT2D eigenvalue weighted by atomic mass is 16.2. The quantitative estimate of drug-likeness (QED) is 0.861. The average Bonchev–Trinajstić information content (AvgIpc) is 2.65. The molecule has 18 heavy (non-hydrogen) atoms. The number of carbonyl (C=O) groups excluding carboxylic acids is 2. The minimum Gasteiger partial charge on any atom is -0.354 e. The van der Waals surface area contributed by atoms with Crippen LogP contribution < -0.4 is 5.32 Å². The molecule has 0 aliphatic heterocycles. The number of Topliss-reactive ketones (excluding diaryl/α,β-unsaturated/α-hetero) is 1. The third-order valence-electron chi connectivity index (χ3n) is 3.34. The van der Waals surface area contributed by atoms with Gasteiger partial charge in [-0.05, 0) is 31.2 Å². The maximum atomic E-state index is 12.0. The summed E-state index contributed by atoms with van der Waals surface area (Å²) in [7, 11) is 0.